The van der Waals surface area contributed by atoms with E-state index in [1.165, 1.54) is 27.4 Å². The van der Waals surface area contributed by atoms with Crippen molar-refractivity contribution in [2.24, 2.45) is 5.92 Å². The SMILES string of the molecule is COCC(=O)Nc1c(C(=O)OC)n(CCC(C)C)c2ncc(NCc3cc(OC)ccc3F)cc12. The van der Waals surface area contributed by atoms with Crippen molar-refractivity contribution in [3.05, 3.63) is 47.5 Å². The first-order valence-corrected chi connectivity index (χ1v) is 11.2. The lowest BCUT2D eigenvalue weighted by Crippen LogP contribution is -2.20. The van der Waals surface area contributed by atoms with E-state index in [2.05, 4.69) is 29.5 Å². The van der Waals surface area contributed by atoms with Crippen LogP contribution in [0.4, 0.5) is 15.8 Å². The van der Waals surface area contributed by atoms with Crippen molar-refractivity contribution in [2.75, 3.05) is 38.6 Å². The molecule has 0 atom stereocenters. The van der Waals surface area contributed by atoms with Crippen molar-refractivity contribution in [2.45, 2.75) is 33.4 Å². The van der Waals surface area contributed by atoms with Crippen molar-refractivity contribution in [3.8, 4) is 5.75 Å². The lowest BCUT2D eigenvalue weighted by atomic mass is 10.1. The Morgan fingerprint density at radius 2 is 1.94 bits per heavy atom. The number of rotatable bonds is 11. The van der Waals surface area contributed by atoms with E-state index in [0.717, 1.165) is 6.42 Å². The smallest absolute Gasteiger partial charge is 0.356 e. The number of hydrogen-bond donors (Lipinski definition) is 2. The number of hydrogen-bond acceptors (Lipinski definition) is 7. The minimum atomic E-state index is -0.590. The summed E-state index contributed by atoms with van der Waals surface area (Å²) in [5, 5.41) is 6.48. The van der Waals surface area contributed by atoms with Crippen LogP contribution in [0.3, 0.4) is 0 Å². The average molecular weight is 487 g/mol. The zero-order chi connectivity index (χ0) is 25.5. The highest BCUT2D eigenvalue weighted by Crippen LogP contribution is 2.33. The summed E-state index contributed by atoms with van der Waals surface area (Å²) in [6, 6.07) is 6.28. The van der Waals surface area contributed by atoms with E-state index >= 15 is 0 Å². The number of esters is 1. The molecule has 1 aromatic carbocycles. The van der Waals surface area contributed by atoms with E-state index in [1.807, 2.05) is 0 Å². The normalized spacial score (nSPS) is 11.1. The van der Waals surface area contributed by atoms with E-state index in [9.17, 15) is 14.0 Å². The Balaban J connectivity index is 2.05. The van der Waals surface area contributed by atoms with E-state index in [1.54, 1.807) is 29.0 Å². The molecular weight excluding hydrogens is 455 g/mol. The number of ether oxygens (including phenoxy) is 3. The number of carbonyl (C=O) groups excluding carboxylic acids is 2. The highest BCUT2D eigenvalue weighted by Gasteiger charge is 2.26. The van der Waals surface area contributed by atoms with Gasteiger partial charge in [-0.05, 0) is 36.6 Å². The summed E-state index contributed by atoms with van der Waals surface area (Å²) in [5.41, 5.74) is 2.02. The second-order valence-corrected chi connectivity index (χ2v) is 8.44. The topological polar surface area (TPSA) is 104 Å². The standard InChI is InChI=1S/C25H31FN4O5/c1-15(2)8-9-30-23(25(32)35-5)22(29-21(31)14-33-3)19-11-17(13-28-24(19)30)27-12-16-10-18(34-4)6-7-20(16)26/h6-7,10-11,13,15,27H,8-9,12,14H2,1-5H3,(H,29,31). The van der Waals surface area contributed by atoms with Gasteiger partial charge in [0.05, 0.1) is 31.8 Å². The summed E-state index contributed by atoms with van der Waals surface area (Å²) in [5.74, 6) is -0.453. The maximum Gasteiger partial charge on any atom is 0.356 e. The summed E-state index contributed by atoms with van der Waals surface area (Å²) >= 11 is 0. The molecule has 0 aliphatic carbocycles. The van der Waals surface area contributed by atoms with E-state index in [-0.39, 0.29) is 24.7 Å². The van der Waals surface area contributed by atoms with Crippen LogP contribution in [-0.4, -0.2) is 49.4 Å². The summed E-state index contributed by atoms with van der Waals surface area (Å²) in [6.45, 7) is 4.67. The van der Waals surface area contributed by atoms with Crippen molar-refractivity contribution >= 4 is 34.3 Å². The molecule has 0 aliphatic rings. The third-order valence-electron chi connectivity index (χ3n) is 5.48. The lowest BCUT2D eigenvalue weighted by molar-refractivity contribution is -0.119. The van der Waals surface area contributed by atoms with E-state index < -0.39 is 11.9 Å². The molecule has 35 heavy (non-hydrogen) atoms. The quantitative estimate of drug-likeness (QED) is 0.391. The molecule has 0 spiro atoms. The first-order chi connectivity index (χ1) is 16.8. The van der Waals surface area contributed by atoms with Gasteiger partial charge in [-0.15, -0.1) is 0 Å². The van der Waals surface area contributed by atoms with Gasteiger partial charge in [0.2, 0.25) is 5.91 Å². The number of benzene rings is 1. The van der Waals surface area contributed by atoms with Crippen LogP contribution in [0.15, 0.2) is 30.5 Å². The van der Waals surface area contributed by atoms with Crippen LogP contribution in [0.5, 0.6) is 5.75 Å². The third-order valence-corrected chi connectivity index (χ3v) is 5.48. The maximum atomic E-state index is 14.3. The molecule has 9 nitrogen and oxygen atoms in total. The van der Waals surface area contributed by atoms with Gasteiger partial charge in [0, 0.05) is 31.1 Å². The average Bonchev–Trinajstić information content (AvgIpc) is 3.14. The van der Waals surface area contributed by atoms with E-state index in [4.69, 9.17) is 14.2 Å². The van der Waals surface area contributed by atoms with Crippen molar-refractivity contribution < 1.29 is 28.2 Å². The molecule has 1 amide bonds. The number of pyridine rings is 1. The first kappa shape index (κ1) is 26.0. The Morgan fingerprint density at radius 1 is 1.17 bits per heavy atom. The van der Waals surface area contributed by atoms with Crippen LogP contribution in [0.2, 0.25) is 0 Å². The molecule has 0 radical (unpaired) electrons. The highest BCUT2D eigenvalue weighted by molar-refractivity contribution is 6.11. The summed E-state index contributed by atoms with van der Waals surface area (Å²) in [7, 11) is 4.22. The molecule has 2 N–H and O–H groups in total. The number of nitrogens with one attached hydrogen (secondary N) is 2. The molecule has 2 heterocycles. The minimum absolute atomic E-state index is 0.180. The van der Waals surface area contributed by atoms with Crippen LogP contribution in [-0.2, 0) is 27.4 Å². The Kier molecular flexibility index (Phi) is 8.64. The predicted molar refractivity (Wildman–Crippen MR) is 131 cm³/mol. The van der Waals surface area contributed by atoms with Crippen LogP contribution >= 0.6 is 0 Å². The second kappa shape index (κ2) is 11.7. The number of aromatic nitrogens is 2. The molecule has 3 rings (SSSR count). The largest absolute Gasteiger partial charge is 0.497 e. The molecule has 0 bridgehead atoms. The van der Waals surface area contributed by atoms with Gasteiger partial charge in [0.25, 0.3) is 0 Å². The number of halogens is 1. The molecule has 10 heteroatoms. The first-order valence-electron chi connectivity index (χ1n) is 11.2. The molecule has 0 unspecified atom stereocenters. The van der Waals surface area contributed by atoms with Crippen LogP contribution < -0.4 is 15.4 Å². The van der Waals surface area contributed by atoms with Gasteiger partial charge in [0.1, 0.15) is 23.8 Å². The second-order valence-electron chi connectivity index (χ2n) is 8.44. The minimum Gasteiger partial charge on any atom is -0.497 e. The van der Waals surface area contributed by atoms with Gasteiger partial charge >= 0.3 is 5.97 Å². The number of fused-ring (bicyclic) bond motifs is 1. The fraction of sp³-hybridized carbons (Fsp3) is 0.400. The molecule has 2 aromatic heterocycles. The summed E-state index contributed by atoms with van der Waals surface area (Å²) in [4.78, 5) is 29.8. The number of methoxy groups -OCH3 is 3. The number of carbonyl (C=O) groups is 2. The molecule has 0 fully saturated rings. The third kappa shape index (κ3) is 6.07. The van der Waals surface area contributed by atoms with Gasteiger partial charge in [0.15, 0.2) is 5.69 Å². The van der Waals surface area contributed by atoms with Crippen LogP contribution in [0.25, 0.3) is 11.0 Å². The Hall–Kier alpha value is -3.66. The van der Waals surface area contributed by atoms with Gasteiger partial charge < -0.3 is 29.4 Å². The number of anilines is 2. The molecule has 0 saturated carbocycles. The lowest BCUT2D eigenvalue weighted by Gasteiger charge is -2.12. The summed E-state index contributed by atoms with van der Waals surface area (Å²) in [6.07, 6.45) is 2.39. The predicted octanol–water partition coefficient (Wildman–Crippen LogP) is 4.21. The van der Waals surface area contributed by atoms with Crippen molar-refractivity contribution in [1.29, 1.82) is 0 Å². The van der Waals surface area contributed by atoms with Gasteiger partial charge in [-0.25, -0.2) is 14.2 Å². The highest BCUT2D eigenvalue weighted by atomic mass is 19.1. The van der Waals surface area contributed by atoms with Crippen LogP contribution in [0, 0.1) is 11.7 Å². The maximum absolute atomic E-state index is 14.3. The molecule has 188 valence electrons. The molecule has 0 saturated heterocycles. The molecule has 0 aliphatic heterocycles. The van der Waals surface area contributed by atoms with Crippen molar-refractivity contribution in [3.63, 3.8) is 0 Å². The monoisotopic (exact) mass is 486 g/mol. The van der Waals surface area contributed by atoms with Crippen LogP contribution in [0.1, 0.15) is 36.3 Å². The van der Waals surface area contributed by atoms with E-state index in [0.29, 0.717) is 46.2 Å². The summed E-state index contributed by atoms with van der Waals surface area (Å²) < 4.78 is 31.1. The molecular formula is C25H31FN4O5. The fourth-order valence-electron chi connectivity index (χ4n) is 3.68. The van der Waals surface area contributed by atoms with Gasteiger partial charge in [-0.3, -0.25) is 4.79 Å². The number of amides is 1. The Labute approximate surface area is 203 Å². The zero-order valence-corrected chi connectivity index (χ0v) is 20.6. The fourth-order valence-corrected chi connectivity index (χ4v) is 3.68. The number of nitrogens with zero attached hydrogens (tertiary/aromatic N) is 2. The molecule has 3 aromatic rings. The van der Waals surface area contributed by atoms with Crippen molar-refractivity contribution in [1.82, 2.24) is 9.55 Å². The van der Waals surface area contributed by atoms with Gasteiger partial charge in [-0.1, -0.05) is 13.8 Å². The number of aryl methyl sites for hydroxylation is 1. The zero-order valence-electron chi connectivity index (χ0n) is 20.6. The Morgan fingerprint density at radius 3 is 2.60 bits per heavy atom. The Bertz CT molecular complexity index is 1210. The van der Waals surface area contributed by atoms with Gasteiger partial charge in [-0.2, -0.15) is 0 Å².